The van der Waals surface area contributed by atoms with E-state index >= 15 is 0 Å². The topological polar surface area (TPSA) is 36.4 Å². The van der Waals surface area contributed by atoms with E-state index < -0.39 is 0 Å². The summed E-state index contributed by atoms with van der Waals surface area (Å²) in [6, 6.07) is 2.18. The molecule has 1 aromatic rings. The zero-order valence-electron chi connectivity index (χ0n) is 11.1. The van der Waals surface area contributed by atoms with Crippen molar-refractivity contribution < 1.29 is 0 Å². The molecule has 0 amide bonds. The van der Waals surface area contributed by atoms with E-state index in [2.05, 4.69) is 45.6 Å². The van der Waals surface area contributed by atoms with Gasteiger partial charge in [0.2, 0.25) is 0 Å². The van der Waals surface area contributed by atoms with Crippen LogP contribution in [0.1, 0.15) is 18.4 Å². The Balaban J connectivity index is 0.00000289. The van der Waals surface area contributed by atoms with Crippen LogP contribution in [0.4, 0.5) is 0 Å². The molecule has 3 nitrogen and oxygen atoms in total. The van der Waals surface area contributed by atoms with Gasteiger partial charge in [0.15, 0.2) is 5.96 Å². The SMILES string of the molecule is CN=C(NCCSC)NCC(C)c1ccsc1.I. The summed E-state index contributed by atoms with van der Waals surface area (Å²) in [7, 11) is 1.81. The molecular formula is C12H22IN3S2. The maximum atomic E-state index is 4.20. The summed E-state index contributed by atoms with van der Waals surface area (Å²) < 4.78 is 0. The molecule has 1 atom stereocenters. The van der Waals surface area contributed by atoms with E-state index in [-0.39, 0.29) is 24.0 Å². The van der Waals surface area contributed by atoms with Crippen molar-refractivity contribution in [3.63, 3.8) is 0 Å². The summed E-state index contributed by atoms with van der Waals surface area (Å²) >= 11 is 3.58. The van der Waals surface area contributed by atoms with Crippen LogP contribution in [0.2, 0.25) is 0 Å². The molecule has 18 heavy (non-hydrogen) atoms. The quantitative estimate of drug-likeness (QED) is 0.334. The maximum absolute atomic E-state index is 4.20. The molecule has 0 aliphatic carbocycles. The van der Waals surface area contributed by atoms with Crippen molar-refractivity contribution in [2.75, 3.05) is 32.1 Å². The average molecular weight is 399 g/mol. The first-order valence-electron chi connectivity index (χ1n) is 5.73. The standard InChI is InChI=1S/C12H21N3S2.HI/c1-10(11-4-6-17-9-11)8-15-12(13-2)14-5-7-16-3;/h4,6,9-10H,5,7-8H2,1-3H3,(H2,13,14,15);1H. The van der Waals surface area contributed by atoms with Gasteiger partial charge in [-0.15, -0.1) is 24.0 Å². The molecule has 0 saturated carbocycles. The molecule has 0 aliphatic rings. The van der Waals surface area contributed by atoms with Crippen LogP contribution in [-0.2, 0) is 0 Å². The average Bonchev–Trinajstić information content (AvgIpc) is 2.87. The van der Waals surface area contributed by atoms with Crippen molar-refractivity contribution in [2.24, 2.45) is 4.99 Å². The number of thioether (sulfide) groups is 1. The molecule has 0 radical (unpaired) electrons. The van der Waals surface area contributed by atoms with Crippen LogP contribution in [0, 0.1) is 0 Å². The first-order valence-corrected chi connectivity index (χ1v) is 8.07. The minimum atomic E-state index is 0. The van der Waals surface area contributed by atoms with E-state index in [1.54, 1.807) is 11.3 Å². The van der Waals surface area contributed by atoms with Gasteiger partial charge in [-0.25, -0.2) is 0 Å². The smallest absolute Gasteiger partial charge is 0.191 e. The summed E-state index contributed by atoms with van der Waals surface area (Å²) in [5, 5.41) is 11.0. The third kappa shape index (κ3) is 6.84. The summed E-state index contributed by atoms with van der Waals surface area (Å²) in [6.45, 7) is 4.09. The normalized spacial score (nSPS) is 12.7. The Labute approximate surface area is 135 Å². The van der Waals surface area contributed by atoms with Crippen LogP contribution in [0.25, 0.3) is 0 Å². The monoisotopic (exact) mass is 399 g/mol. The molecule has 0 aromatic carbocycles. The molecule has 0 aliphatic heterocycles. The number of halogens is 1. The van der Waals surface area contributed by atoms with E-state index in [0.29, 0.717) is 5.92 Å². The van der Waals surface area contributed by atoms with Crippen molar-refractivity contribution >= 4 is 53.0 Å². The molecular weight excluding hydrogens is 377 g/mol. The molecule has 0 bridgehead atoms. The van der Waals surface area contributed by atoms with Crippen LogP contribution < -0.4 is 10.6 Å². The predicted octanol–water partition coefficient (Wildman–Crippen LogP) is 3.00. The van der Waals surface area contributed by atoms with Gasteiger partial charge in [0.25, 0.3) is 0 Å². The zero-order chi connectivity index (χ0) is 12.5. The Morgan fingerprint density at radius 3 is 2.83 bits per heavy atom. The highest BCUT2D eigenvalue weighted by molar-refractivity contribution is 14.0. The molecule has 0 spiro atoms. The number of hydrogen-bond acceptors (Lipinski definition) is 3. The van der Waals surface area contributed by atoms with Crippen LogP contribution in [0.15, 0.2) is 21.8 Å². The van der Waals surface area contributed by atoms with Crippen LogP contribution in [-0.4, -0.2) is 38.1 Å². The van der Waals surface area contributed by atoms with Crippen molar-refractivity contribution in [3.05, 3.63) is 22.4 Å². The fourth-order valence-corrected chi connectivity index (χ4v) is 2.50. The van der Waals surface area contributed by atoms with E-state index in [4.69, 9.17) is 0 Å². The van der Waals surface area contributed by atoms with Gasteiger partial charge in [-0.1, -0.05) is 6.92 Å². The second kappa shape index (κ2) is 10.9. The molecule has 1 heterocycles. The van der Waals surface area contributed by atoms with Crippen LogP contribution in [0.3, 0.4) is 0 Å². The van der Waals surface area contributed by atoms with Gasteiger partial charge in [0.1, 0.15) is 0 Å². The summed E-state index contributed by atoms with van der Waals surface area (Å²) in [4.78, 5) is 4.20. The fraction of sp³-hybridized carbons (Fsp3) is 0.583. The maximum Gasteiger partial charge on any atom is 0.191 e. The molecule has 0 fully saturated rings. The Morgan fingerprint density at radius 1 is 1.50 bits per heavy atom. The number of hydrogen-bond donors (Lipinski definition) is 2. The van der Waals surface area contributed by atoms with E-state index in [1.165, 1.54) is 5.56 Å². The van der Waals surface area contributed by atoms with Crippen molar-refractivity contribution in [3.8, 4) is 0 Å². The number of nitrogens with zero attached hydrogens (tertiary/aromatic N) is 1. The Hall–Kier alpha value is 0.0500. The van der Waals surface area contributed by atoms with Gasteiger partial charge >= 0.3 is 0 Å². The van der Waals surface area contributed by atoms with Gasteiger partial charge < -0.3 is 10.6 Å². The van der Waals surface area contributed by atoms with Gasteiger partial charge in [-0.05, 0) is 34.6 Å². The van der Waals surface area contributed by atoms with E-state index in [1.807, 2.05) is 18.8 Å². The molecule has 1 aromatic heterocycles. The third-order valence-electron chi connectivity index (χ3n) is 2.51. The van der Waals surface area contributed by atoms with Gasteiger partial charge in [-0.3, -0.25) is 4.99 Å². The minimum absolute atomic E-state index is 0. The Bertz CT molecular complexity index is 328. The van der Waals surface area contributed by atoms with Crippen molar-refractivity contribution in [1.29, 1.82) is 0 Å². The Kier molecular flexibility index (Phi) is 11.0. The molecule has 1 unspecified atom stereocenters. The molecule has 0 saturated heterocycles. The predicted molar refractivity (Wildman–Crippen MR) is 95.9 cm³/mol. The highest BCUT2D eigenvalue weighted by atomic mass is 127. The van der Waals surface area contributed by atoms with Crippen LogP contribution in [0.5, 0.6) is 0 Å². The highest BCUT2D eigenvalue weighted by Crippen LogP contribution is 2.16. The zero-order valence-corrected chi connectivity index (χ0v) is 15.1. The lowest BCUT2D eigenvalue weighted by Gasteiger charge is -2.15. The molecule has 2 N–H and O–H groups in total. The van der Waals surface area contributed by atoms with Gasteiger partial charge in [-0.2, -0.15) is 23.1 Å². The largest absolute Gasteiger partial charge is 0.356 e. The number of guanidine groups is 1. The van der Waals surface area contributed by atoms with Crippen molar-refractivity contribution in [1.82, 2.24) is 10.6 Å². The lowest BCUT2D eigenvalue weighted by atomic mass is 10.1. The van der Waals surface area contributed by atoms with E-state index in [9.17, 15) is 0 Å². The third-order valence-corrected chi connectivity index (χ3v) is 3.82. The highest BCUT2D eigenvalue weighted by Gasteiger charge is 2.06. The lowest BCUT2D eigenvalue weighted by molar-refractivity contribution is 0.705. The first-order chi connectivity index (χ1) is 8.27. The second-order valence-corrected chi connectivity index (χ2v) is 5.60. The van der Waals surface area contributed by atoms with Crippen LogP contribution >= 0.6 is 47.1 Å². The van der Waals surface area contributed by atoms with Gasteiger partial charge in [0, 0.05) is 25.9 Å². The molecule has 1 rings (SSSR count). The Morgan fingerprint density at radius 2 is 2.28 bits per heavy atom. The number of aliphatic imine (C=N–C) groups is 1. The number of nitrogens with one attached hydrogen (secondary N) is 2. The van der Waals surface area contributed by atoms with Crippen molar-refractivity contribution in [2.45, 2.75) is 12.8 Å². The lowest BCUT2D eigenvalue weighted by Crippen LogP contribution is -2.39. The summed E-state index contributed by atoms with van der Waals surface area (Å²) in [5.41, 5.74) is 1.39. The fourth-order valence-electron chi connectivity index (χ4n) is 1.42. The second-order valence-electron chi connectivity index (χ2n) is 3.83. The number of thiophene rings is 1. The number of rotatable bonds is 6. The first kappa shape index (κ1) is 18.0. The minimum Gasteiger partial charge on any atom is -0.356 e. The summed E-state index contributed by atoms with van der Waals surface area (Å²) in [6.07, 6.45) is 2.11. The van der Waals surface area contributed by atoms with E-state index in [0.717, 1.165) is 24.8 Å². The van der Waals surface area contributed by atoms with Gasteiger partial charge in [0.05, 0.1) is 0 Å². The summed E-state index contributed by atoms with van der Waals surface area (Å²) in [5.74, 6) is 2.50. The molecule has 104 valence electrons. The molecule has 6 heteroatoms.